The van der Waals surface area contributed by atoms with Crippen LogP contribution in [0.3, 0.4) is 0 Å². The van der Waals surface area contributed by atoms with E-state index < -0.39 is 0 Å². The number of nitrogens with two attached hydrogens (primary N) is 1. The molecule has 0 aromatic carbocycles. The summed E-state index contributed by atoms with van der Waals surface area (Å²) >= 11 is 0. The van der Waals surface area contributed by atoms with E-state index >= 15 is 0 Å². The van der Waals surface area contributed by atoms with E-state index in [1.807, 2.05) is 13.8 Å². The van der Waals surface area contributed by atoms with Crippen molar-refractivity contribution in [1.29, 1.82) is 0 Å². The van der Waals surface area contributed by atoms with E-state index in [9.17, 15) is 0 Å². The van der Waals surface area contributed by atoms with Crippen LogP contribution >= 0.6 is 0 Å². The zero-order chi connectivity index (χ0) is 10.4. The number of hydrogen-bond acceptors (Lipinski definition) is 5. The van der Waals surface area contributed by atoms with Gasteiger partial charge in [-0.2, -0.15) is 4.98 Å². The molecule has 0 saturated carbocycles. The van der Waals surface area contributed by atoms with Gasteiger partial charge in [0.25, 0.3) is 5.89 Å². The van der Waals surface area contributed by atoms with Crippen LogP contribution in [0.1, 0.15) is 44.4 Å². The Kier molecular flexibility index (Phi) is 4.55. The molecule has 1 aromatic rings. The first kappa shape index (κ1) is 11.1. The van der Waals surface area contributed by atoms with Crippen LogP contribution in [-0.2, 0) is 11.3 Å². The van der Waals surface area contributed by atoms with Gasteiger partial charge >= 0.3 is 0 Å². The van der Waals surface area contributed by atoms with E-state index in [0.717, 1.165) is 12.8 Å². The molecule has 80 valence electrons. The normalized spacial score (nSPS) is 13.1. The Labute approximate surface area is 83.6 Å². The summed E-state index contributed by atoms with van der Waals surface area (Å²) in [4.78, 5) is 4.13. The lowest BCUT2D eigenvalue weighted by Gasteiger charge is -1.99. The van der Waals surface area contributed by atoms with E-state index in [1.54, 1.807) is 0 Å². The standard InChI is InChI=1S/C9H17N3O2/c1-3-5-13-6-8-11-9(12-14-8)7(10)4-2/h7H,3-6,10H2,1-2H3. The van der Waals surface area contributed by atoms with Gasteiger partial charge in [-0.1, -0.05) is 19.0 Å². The van der Waals surface area contributed by atoms with Gasteiger partial charge in [0.1, 0.15) is 6.61 Å². The van der Waals surface area contributed by atoms with Gasteiger partial charge in [0.15, 0.2) is 5.82 Å². The lowest BCUT2D eigenvalue weighted by atomic mass is 10.2. The van der Waals surface area contributed by atoms with Crippen molar-refractivity contribution in [2.45, 2.75) is 39.3 Å². The zero-order valence-corrected chi connectivity index (χ0v) is 8.69. The molecule has 0 spiro atoms. The fourth-order valence-corrected chi connectivity index (χ4v) is 0.964. The number of rotatable bonds is 6. The molecule has 0 aliphatic rings. The molecule has 1 heterocycles. The predicted octanol–water partition coefficient (Wildman–Crippen LogP) is 1.41. The van der Waals surface area contributed by atoms with Crippen molar-refractivity contribution in [2.24, 2.45) is 5.73 Å². The Hall–Kier alpha value is -0.940. The Morgan fingerprint density at radius 3 is 2.93 bits per heavy atom. The summed E-state index contributed by atoms with van der Waals surface area (Å²) < 4.78 is 10.2. The highest BCUT2D eigenvalue weighted by molar-refractivity contribution is 4.91. The summed E-state index contributed by atoms with van der Waals surface area (Å²) in [7, 11) is 0. The van der Waals surface area contributed by atoms with Gasteiger partial charge < -0.3 is 15.0 Å². The molecule has 0 bridgehead atoms. The molecule has 0 fully saturated rings. The zero-order valence-electron chi connectivity index (χ0n) is 8.69. The van der Waals surface area contributed by atoms with Crippen LogP contribution in [0.2, 0.25) is 0 Å². The molecule has 5 heteroatoms. The first-order valence-electron chi connectivity index (χ1n) is 4.93. The van der Waals surface area contributed by atoms with Crippen LogP contribution in [-0.4, -0.2) is 16.7 Å². The molecule has 1 unspecified atom stereocenters. The molecule has 0 saturated heterocycles. The second-order valence-electron chi connectivity index (χ2n) is 3.11. The molecule has 5 nitrogen and oxygen atoms in total. The Balaban J connectivity index is 2.42. The van der Waals surface area contributed by atoms with Gasteiger partial charge in [-0.05, 0) is 12.8 Å². The molecule has 1 rings (SSSR count). The first-order chi connectivity index (χ1) is 6.77. The molecule has 0 aliphatic heterocycles. The molecule has 14 heavy (non-hydrogen) atoms. The van der Waals surface area contributed by atoms with Crippen LogP contribution in [0.25, 0.3) is 0 Å². The molecule has 0 radical (unpaired) electrons. The van der Waals surface area contributed by atoms with Crippen LogP contribution < -0.4 is 5.73 Å². The number of aromatic nitrogens is 2. The molecule has 0 amide bonds. The third-order valence-corrected chi connectivity index (χ3v) is 1.83. The Morgan fingerprint density at radius 2 is 2.29 bits per heavy atom. The topological polar surface area (TPSA) is 74.2 Å². The summed E-state index contributed by atoms with van der Waals surface area (Å²) in [6, 6.07) is -0.140. The minimum absolute atomic E-state index is 0.140. The Bertz CT molecular complexity index is 262. The van der Waals surface area contributed by atoms with E-state index in [-0.39, 0.29) is 6.04 Å². The second kappa shape index (κ2) is 5.72. The lowest BCUT2D eigenvalue weighted by Crippen LogP contribution is -2.10. The van der Waals surface area contributed by atoms with Gasteiger partial charge in [0.05, 0.1) is 6.04 Å². The minimum Gasteiger partial charge on any atom is -0.372 e. The van der Waals surface area contributed by atoms with Crippen LogP contribution in [0.15, 0.2) is 4.52 Å². The van der Waals surface area contributed by atoms with Gasteiger partial charge in [-0.25, -0.2) is 0 Å². The minimum atomic E-state index is -0.140. The fraction of sp³-hybridized carbons (Fsp3) is 0.778. The fourth-order valence-electron chi connectivity index (χ4n) is 0.964. The van der Waals surface area contributed by atoms with Gasteiger partial charge in [0, 0.05) is 6.61 Å². The number of nitrogens with zero attached hydrogens (tertiary/aromatic N) is 2. The second-order valence-corrected chi connectivity index (χ2v) is 3.11. The molecular weight excluding hydrogens is 182 g/mol. The summed E-state index contributed by atoms with van der Waals surface area (Å²) in [5, 5.41) is 3.77. The van der Waals surface area contributed by atoms with Gasteiger partial charge in [-0.3, -0.25) is 0 Å². The highest BCUT2D eigenvalue weighted by Gasteiger charge is 2.11. The highest BCUT2D eigenvalue weighted by Crippen LogP contribution is 2.09. The molecule has 1 atom stereocenters. The quantitative estimate of drug-likeness (QED) is 0.701. The highest BCUT2D eigenvalue weighted by atomic mass is 16.5. The maximum atomic E-state index is 5.74. The number of hydrogen-bond donors (Lipinski definition) is 1. The van der Waals surface area contributed by atoms with Crippen molar-refractivity contribution < 1.29 is 9.26 Å². The van der Waals surface area contributed by atoms with Crippen molar-refractivity contribution in [2.75, 3.05) is 6.61 Å². The monoisotopic (exact) mass is 199 g/mol. The first-order valence-corrected chi connectivity index (χ1v) is 4.93. The van der Waals surface area contributed by atoms with Crippen LogP contribution in [0, 0.1) is 0 Å². The maximum Gasteiger partial charge on any atom is 0.252 e. The summed E-state index contributed by atoms with van der Waals surface area (Å²) in [6.45, 7) is 5.11. The summed E-state index contributed by atoms with van der Waals surface area (Å²) in [6.07, 6.45) is 1.78. The van der Waals surface area contributed by atoms with E-state index in [4.69, 9.17) is 15.0 Å². The SMILES string of the molecule is CCCOCc1nc(C(N)CC)no1. The van der Waals surface area contributed by atoms with E-state index in [2.05, 4.69) is 10.1 Å². The van der Waals surface area contributed by atoms with Crippen molar-refractivity contribution in [3.8, 4) is 0 Å². The maximum absolute atomic E-state index is 5.74. The molecule has 0 aliphatic carbocycles. The van der Waals surface area contributed by atoms with Crippen LogP contribution in [0.4, 0.5) is 0 Å². The van der Waals surface area contributed by atoms with Gasteiger partial charge in [0.2, 0.25) is 0 Å². The van der Waals surface area contributed by atoms with E-state index in [0.29, 0.717) is 24.9 Å². The average molecular weight is 199 g/mol. The van der Waals surface area contributed by atoms with Crippen molar-refractivity contribution in [1.82, 2.24) is 10.1 Å². The smallest absolute Gasteiger partial charge is 0.252 e. The largest absolute Gasteiger partial charge is 0.372 e. The molecule has 2 N–H and O–H groups in total. The molecule has 1 aromatic heterocycles. The number of ether oxygens (including phenoxy) is 1. The van der Waals surface area contributed by atoms with Crippen molar-refractivity contribution >= 4 is 0 Å². The summed E-state index contributed by atoms with van der Waals surface area (Å²) in [5.74, 6) is 1.06. The van der Waals surface area contributed by atoms with E-state index in [1.165, 1.54) is 0 Å². The third kappa shape index (κ3) is 3.08. The average Bonchev–Trinajstić information content (AvgIpc) is 2.66. The lowest BCUT2D eigenvalue weighted by molar-refractivity contribution is 0.0981. The summed E-state index contributed by atoms with van der Waals surface area (Å²) in [5.41, 5.74) is 5.74. The van der Waals surface area contributed by atoms with Gasteiger partial charge in [-0.15, -0.1) is 0 Å². The third-order valence-electron chi connectivity index (χ3n) is 1.83. The molecular formula is C9H17N3O2. The van der Waals surface area contributed by atoms with Crippen molar-refractivity contribution in [3.63, 3.8) is 0 Å². The Morgan fingerprint density at radius 1 is 1.50 bits per heavy atom. The van der Waals surface area contributed by atoms with Crippen LogP contribution in [0.5, 0.6) is 0 Å². The van der Waals surface area contributed by atoms with Crippen molar-refractivity contribution in [3.05, 3.63) is 11.7 Å². The predicted molar refractivity (Wildman–Crippen MR) is 51.5 cm³/mol.